The Labute approximate surface area is 410 Å². The third-order valence-electron chi connectivity index (χ3n) is 13.4. The number of aliphatic hydroxyl groups is 1. The van der Waals surface area contributed by atoms with Gasteiger partial charge in [0.2, 0.25) is 17.7 Å². The molecule has 1 aliphatic carbocycles. The normalized spacial score (nSPS) is 17.5. The first-order valence-electron chi connectivity index (χ1n) is 24.1. The first kappa shape index (κ1) is 52.0. The van der Waals surface area contributed by atoms with E-state index < -0.39 is 82.7 Å². The number of ether oxygens (including phenoxy) is 2. The van der Waals surface area contributed by atoms with Gasteiger partial charge >= 0.3 is 12.1 Å². The number of halogens is 1. The summed E-state index contributed by atoms with van der Waals surface area (Å²) in [5.41, 5.74) is 7.38. The average Bonchev–Trinajstić information content (AvgIpc) is 3.70. The largest absolute Gasteiger partial charge is 0.458 e. The molecule has 0 spiro atoms. The van der Waals surface area contributed by atoms with Crippen molar-refractivity contribution in [2.24, 2.45) is 11.7 Å². The van der Waals surface area contributed by atoms with Crippen molar-refractivity contribution in [3.05, 3.63) is 97.6 Å². The second-order valence-corrected chi connectivity index (χ2v) is 19.6. The Morgan fingerprint density at radius 1 is 0.986 bits per heavy atom. The molecule has 19 heteroatoms. The minimum Gasteiger partial charge on any atom is -0.458 e. The van der Waals surface area contributed by atoms with Gasteiger partial charge in [-0.15, -0.1) is 0 Å². The number of benzene rings is 2. The van der Waals surface area contributed by atoms with E-state index in [0.29, 0.717) is 77.6 Å². The van der Waals surface area contributed by atoms with Crippen molar-refractivity contribution in [1.29, 1.82) is 0 Å². The van der Waals surface area contributed by atoms with Crippen molar-refractivity contribution >= 4 is 52.3 Å². The molecule has 2 aromatic carbocycles. The molecule has 0 saturated carbocycles. The number of hydrogen-bond acceptors (Lipinski definition) is 13. The zero-order chi connectivity index (χ0) is 51.4. The van der Waals surface area contributed by atoms with Gasteiger partial charge in [-0.3, -0.25) is 28.8 Å². The van der Waals surface area contributed by atoms with Crippen molar-refractivity contribution < 1.29 is 52.5 Å². The number of ketones is 2. The molecule has 0 bridgehead atoms. The lowest BCUT2D eigenvalue weighted by Crippen LogP contribution is -2.44. The average molecular weight is 980 g/mol. The molecule has 0 unspecified atom stereocenters. The van der Waals surface area contributed by atoms with Gasteiger partial charge in [0, 0.05) is 54.3 Å². The molecular formula is C52H62FN7O11. The van der Waals surface area contributed by atoms with Crippen LogP contribution in [0.25, 0.3) is 22.3 Å². The molecule has 4 amide bonds. The first-order valence-corrected chi connectivity index (χ1v) is 24.1. The van der Waals surface area contributed by atoms with E-state index in [1.54, 1.807) is 52.8 Å². The lowest BCUT2D eigenvalue weighted by molar-refractivity contribution is -0.172. The summed E-state index contributed by atoms with van der Waals surface area (Å²) in [7, 11) is 0. The Balaban J connectivity index is 0.973. The molecule has 4 atom stereocenters. The van der Waals surface area contributed by atoms with Crippen LogP contribution in [0.2, 0.25) is 0 Å². The number of esters is 1. The Morgan fingerprint density at radius 2 is 1.73 bits per heavy atom. The molecule has 378 valence electrons. The fourth-order valence-electron chi connectivity index (χ4n) is 9.62. The van der Waals surface area contributed by atoms with Crippen LogP contribution >= 0.6 is 0 Å². The van der Waals surface area contributed by atoms with Gasteiger partial charge in [-0.1, -0.05) is 37.3 Å². The van der Waals surface area contributed by atoms with Crippen LogP contribution in [-0.2, 0) is 69.8 Å². The molecule has 3 aliphatic rings. The topological polar surface area (TPSA) is 267 Å². The molecule has 0 saturated heterocycles. The van der Waals surface area contributed by atoms with Gasteiger partial charge in [-0.2, -0.15) is 0 Å². The Hall–Kier alpha value is -6.86. The number of alkyl carbamates (subject to hydrolysis) is 1. The van der Waals surface area contributed by atoms with Crippen LogP contribution in [0, 0.1) is 18.7 Å². The van der Waals surface area contributed by atoms with Gasteiger partial charge < -0.3 is 46.1 Å². The second-order valence-electron chi connectivity index (χ2n) is 19.6. The lowest BCUT2D eigenvalue weighted by Gasteiger charge is -2.31. The van der Waals surface area contributed by atoms with E-state index in [-0.39, 0.29) is 68.7 Å². The van der Waals surface area contributed by atoms with E-state index in [2.05, 4.69) is 21.3 Å². The van der Waals surface area contributed by atoms with Crippen molar-refractivity contribution in [3.8, 4) is 11.4 Å². The number of nitrogens with one attached hydrogen (secondary N) is 4. The summed E-state index contributed by atoms with van der Waals surface area (Å²) in [5, 5.41) is 23.0. The van der Waals surface area contributed by atoms with E-state index in [1.165, 1.54) is 10.6 Å². The van der Waals surface area contributed by atoms with Gasteiger partial charge in [0.1, 0.15) is 23.8 Å². The molecule has 71 heavy (non-hydrogen) atoms. The predicted molar refractivity (Wildman–Crippen MR) is 258 cm³/mol. The standard InChI is InChI=1S/C52H62FN7O11/c1-6-52(69)35-22-40-46-33(26-60(40)48(66)34(35)27-70-49(52)67)45-38(16-15-32-28(2)36(53)23-39(59-46)44(32)45)58-43(64)25-57-47(65)30(20-29-12-8-7-9-13-29)21-31(61)24-56-42(63)18-17-41(62)37(54)14-10-11-19-55-50(68)71-51(3,4)5/h7-9,12-13,22-23,30,37-38,69H,6,10-11,14-21,24-27,54H2,1-5H3,(H,55,68)(H,56,63)(H,57,65)(H,58,64)/t30-,37+,38+,52+/m1/s1. The molecule has 7 N–H and O–H groups in total. The first-order chi connectivity index (χ1) is 33.7. The molecule has 18 nitrogen and oxygen atoms in total. The number of rotatable bonds is 20. The van der Waals surface area contributed by atoms with E-state index in [4.69, 9.17) is 20.2 Å². The number of nitrogens with two attached hydrogens (primary N) is 1. The zero-order valence-corrected chi connectivity index (χ0v) is 40.8. The summed E-state index contributed by atoms with van der Waals surface area (Å²) in [6.45, 7) is 7.83. The number of nitrogens with zero attached hydrogens (tertiary/aromatic N) is 2. The zero-order valence-electron chi connectivity index (χ0n) is 40.8. The fourth-order valence-corrected chi connectivity index (χ4v) is 9.62. The number of pyridine rings is 2. The molecule has 4 heterocycles. The summed E-state index contributed by atoms with van der Waals surface area (Å²) >= 11 is 0. The van der Waals surface area contributed by atoms with Crippen LogP contribution in [0.4, 0.5) is 9.18 Å². The summed E-state index contributed by atoms with van der Waals surface area (Å²) in [4.78, 5) is 110. The molecule has 2 aromatic heterocycles. The number of unbranched alkanes of at least 4 members (excludes halogenated alkanes) is 1. The second kappa shape index (κ2) is 21.6. The summed E-state index contributed by atoms with van der Waals surface area (Å²) in [5.74, 6) is -4.63. The third-order valence-corrected chi connectivity index (χ3v) is 13.4. The lowest BCUT2D eigenvalue weighted by atomic mass is 9.81. The number of aryl methyl sites for hydroxylation is 1. The van der Waals surface area contributed by atoms with Crippen molar-refractivity contribution in [3.63, 3.8) is 0 Å². The number of amides is 4. The number of aromatic nitrogens is 2. The van der Waals surface area contributed by atoms with Crippen LogP contribution in [0.1, 0.15) is 124 Å². The number of fused-ring (bicyclic) bond motifs is 5. The van der Waals surface area contributed by atoms with E-state index in [0.717, 1.165) is 11.1 Å². The van der Waals surface area contributed by atoms with E-state index in [1.807, 2.05) is 18.2 Å². The van der Waals surface area contributed by atoms with Crippen LogP contribution < -0.4 is 32.6 Å². The maximum atomic E-state index is 15.4. The molecule has 0 radical (unpaired) electrons. The maximum Gasteiger partial charge on any atom is 0.407 e. The Kier molecular flexibility index (Phi) is 15.8. The minimum absolute atomic E-state index is 0.0467. The quantitative estimate of drug-likeness (QED) is 0.0476. The van der Waals surface area contributed by atoms with Gasteiger partial charge in [-0.05, 0) is 101 Å². The summed E-state index contributed by atoms with van der Waals surface area (Å²) < 4.78 is 27.3. The van der Waals surface area contributed by atoms with Crippen LogP contribution in [-0.4, -0.2) is 87.3 Å². The predicted octanol–water partition coefficient (Wildman–Crippen LogP) is 4.05. The number of hydrogen-bond donors (Lipinski definition) is 6. The third kappa shape index (κ3) is 11.7. The molecule has 7 rings (SSSR count). The number of carbonyl (C=O) groups is 7. The molecular weight excluding hydrogens is 918 g/mol. The molecule has 0 fully saturated rings. The Bertz CT molecular complexity index is 2840. The van der Waals surface area contributed by atoms with Crippen LogP contribution in [0.15, 0.2) is 47.3 Å². The van der Waals surface area contributed by atoms with Crippen molar-refractivity contribution in [2.45, 2.75) is 135 Å². The summed E-state index contributed by atoms with van der Waals surface area (Å²) in [6.07, 6.45) is 1.28. The highest BCUT2D eigenvalue weighted by molar-refractivity contribution is 5.95. The molecule has 4 aromatic rings. The summed E-state index contributed by atoms with van der Waals surface area (Å²) in [6, 6.07) is 10.5. The van der Waals surface area contributed by atoms with E-state index in [9.17, 15) is 43.5 Å². The highest BCUT2D eigenvalue weighted by Crippen LogP contribution is 2.46. The van der Waals surface area contributed by atoms with Gasteiger partial charge in [0.05, 0.1) is 54.2 Å². The number of cyclic esters (lactones) is 1. The fraction of sp³-hybridized carbons (Fsp3) is 0.481. The van der Waals surface area contributed by atoms with Crippen LogP contribution in [0.3, 0.4) is 0 Å². The SMILES string of the molecule is CC[C@@]1(O)C(=O)OCc2c1cc1n(c2=O)Cc2c-1nc1cc(F)c(C)c3c1c2[C@@H](NC(=O)CNC(=O)[C@@H](CC(=O)CNC(=O)CCC(=O)[C@@H](N)CCCCNC(=O)OC(C)(C)C)Cc1ccccc1)CC3. The highest BCUT2D eigenvalue weighted by atomic mass is 19.1. The number of carbonyl (C=O) groups excluding carboxylic acids is 7. The molecule has 2 aliphatic heterocycles. The van der Waals surface area contributed by atoms with E-state index >= 15 is 4.39 Å². The van der Waals surface area contributed by atoms with Crippen molar-refractivity contribution in [1.82, 2.24) is 30.8 Å². The van der Waals surface area contributed by atoms with Gasteiger partial charge in [-0.25, -0.2) is 19.0 Å². The van der Waals surface area contributed by atoms with Gasteiger partial charge in [0.25, 0.3) is 5.56 Å². The maximum absolute atomic E-state index is 15.4. The van der Waals surface area contributed by atoms with Crippen molar-refractivity contribution in [2.75, 3.05) is 19.6 Å². The minimum atomic E-state index is -2.05. The monoisotopic (exact) mass is 979 g/mol. The van der Waals surface area contributed by atoms with Crippen LogP contribution in [0.5, 0.6) is 0 Å². The van der Waals surface area contributed by atoms with Gasteiger partial charge in [0.15, 0.2) is 11.4 Å². The smallest absolute Gasteiger partial charge is 0.407 e. The highest BCUT2D eigenvalue weighted by Gasteiger charge is 2.46. The number of Topliss-reactive ketones (excluding diaryl/α,β-unsaturated/α-hetero) is 2. The Morgan fingerprint density at radius 3 is 2.45 bits per heavy atom.